The highest BCUT2D eigenvalue weighted by Gasteiger charge is 2.12. The molecule has 0 fully saturated rings. The third-order valence-electron chi connectivity index (χ3n) is 3.30. The highest BCUT2D eigenvalue weighted by Crippen LogP contribution is 2.34. The first-order valence-electron chi connectivity index (χ1n) is 6.55. The molecular weight excluding hydrogens is 270 g/mol. The Morgan fingerprint density at radius 1 is 1.40 bits per heavy atom. The zero-order chi connectivity index (χ0) is 14.1. The first kappa shape index (κ1) is 13.0. The van der Waals surface area contributed by atoms with Gasteiger partial charge in [0, 0.05) is 41.6 Å². The average Bonchev–Trinajstić information content (AvgIpc) is 3.04. The molecule has 0 aliphatic carbocycles. The first-order chi connectivity index (χ1) is 9.72. The van der Waals surface area contributed by atoms with E-state index in [1.165, 1.54) is 10.9 Å². The van der Waals surface area contributed by atoms with Crippen LogP contribution in [-0.2, 0) is 7.05 Å². The molecule has 0 bridgehead atoms. The minimum Gasteiger partial charge on any atom is -0.497 e. The van der Waals surface area contributed by atoms with E-state index in [9.17, 15) is 0 Å². The summed E-state index contributed by atoms with van der Waals surface area (Å²) in [7, 11) is 3.74. The number of nitrogens with one attached hydrogen (secondary N) is 1. The van der Waals surface area contributed by atoms with Crippen LogP contribution in [0.5, 0.6) is 5.75 Å². The van der Waals surface area contributed by atoms with Crippen LogP contribution in [0.25, 0.3) is 22.2 Å². The van der Waals surface area contributed by atoms with Crippen LogP contribution in [0.1, 0.15) is 6.92 Å². The van der Waals surface area contributed by atoms with Gasteiger partial charge in [0.2, 0.25) is 0 Å². The molecule has 4 nitrogen and oxygen atoms in total. The number of methoxy groups -OCH3 is 1. The van der Waals surface area contributed by atoms with Crippen molar-refractivity contribution in [3.8, 4) is 17.0 Å². The second-order valence-corrected chi connectivity index (χ2v) is 5.46. The molecule has 0 spiro atoms. The number of rotatable bonds is 4. The molecule has 3 aromatic rings. The van der Waals surface area contributed by atoms with Crippen molar-refractivity contribution in [1.29, 1.82) is 0 Å². The summed E-state index contributed by atoms with van der Waals surface area (Å²) in [5.41, 5.74) is 3.32. The molecule has 0 aliphatic heterocycles. The lowest BCUT2D eigenvalue weighted by atomic mass is 10.1. The maximum Gasteiger partial charge on any atom is 0.183 e. The van der Waals surface area contributed by atoms with E-state index in [0.29, 0.717) is 0 Å². The zero-order valence-electron chi connectivity index (χ0n) is 11.8. The van der Waals surface area contributed by atoms with Gasteiger partial charge in [0.15, 0.2) is 5.13 Å². The number of thiazole rings is 1. The van der Waals surface area contributed by atoms with Crippen molar-refractivity contribution in [2.24, 2.45) is 7.05 Å². The van der Waals surface area contributed by atoms with Crippen LogP contribution in [0.2, 0.25) is 0 Å². The zero-order valence-corrected chi connectivity index (χ0v) is 12.6. The number of anilines is 1. The van der Waals surface area contributed by atoms with Crippen molar-refractivity contribution in [2.75, 3.05) is 19.0 Å². The molecule has 2 aromatic heterocycles. The third kappa shape index (κ3) is 2.14. The van der Waals surface area contributed by atoms with E-state index < -0.39 is 0 Å². The Bertz CT molecular complexity index is 745. The molecule has 1 N–H and O–H groups in total. The van der Waals surface area contributed by atoms with Crippen molar-refractivity contribution >= 4 is 27.4 Å². The van der Waals surface area contributed by atoms with Crippen molar-refractivity contribution in [3.05, 3.63) is 29.8 Å². The summed E-state index contributed by atoms with van der Waals surface area (Å²) >= 11 is 1.63. The number of benzene rings is 1. The molecule has 2 heterocycles. The molecule has 0 saturated carbocycles. The van der Waals surface area contributed by atoms with E-state index in [1.807, 2.05) is 6.07 Å². The maximum absolute atomic E-state index is 5.33. The molecule has 0 radical (unpaired) electrons. The molecule has 0 amide bonds. The minimum absolute atomic E-state index is 0.868. The Morgan fingerprint density at radius 3 is 3.00 bits per heavy atom. The molecule has 0 aliphatic rings. The predicted molar refractivity (Wildman–Crippen MR) is 84.7 cm³/mol. The van der Waals surface area contributed by atoms with Gasteiger partial charge in [0.1, 0.15) is 5.75 Å². The van der Waals surface area contributed by atoms with Crippen LogP contribution in [-0.4, -0.2) is 23.2 Å². The number of aromatic nitrogens is 2. The number of aryl methyl sites for hydroxylation is 1. The largest absolute Gasteiger partial charge is 0.497 e. The van der Waals surface area contributed by atoms with Gasteiger partial charge >= 0.3 is 0 Å². The van der Waals surface area contributed by atoms with Gasteiger partial charge < -0.3 is 14.6 Å². The summed E-state index contributed by atoms with van der Waals surface area (Å²) in [6.07, 6.45) is 2.12. The van der Waals surface area contributed by atoms with Gasteiger partial charge in [-0.15, -0.1) is 11.3 Å². The summed E-state index contributed by atoms with van der Waals surface area (Å²) < 4.78 is 7.45. The summed E-state index contributed by atoms with van der Waals surface area (Å²) in [5, 5.41) is 7.47. The number of ether oxygens (including phenoxy) is 1. The van der Waals surface area contributed by atoms with Crippen molar-refractivity contribution in [1.82, 2.24) is 9.55 Å². The number of hydrogen-bond donors (Lipinski definition) is 1. The second-order valence-electron chi connectivity index (χ2n) is 4.60. The molecule has 104 valence electrons. The quantitative estimate of drug-likeness (QED) is 0.794. The molecular formula is C15H17N3OS. The molecule has 5 heteroatoms. The fraction of sp³-hybridized carbons (Fsp3) is 0.267. The van der Waals surface area contributed by atoms with Gasteiger partial charge in [-0.05, 0) is 25.1 Å². The van der Waals surface area contributed by atoms with Crippen LogP contribution in [0.4, 0.5) is 5.13 Å². The van der Waals surface area contributed by atoms with Crippen molar-refractivity contribution in [2.45, 2.75) is 6.92 Å². The molecule has 3 rings (SSSR count). The lowest BCUT2D eigenvalue weighted by molar-refractivity contribution is 0.415. The summed E-state index contributed by atoms with van der Waals surface area (Å²) in [6, 6.07) is 6.13. The topological polar surface area (TPSA) is 39.1 Å². The fourth-order valence-electron chi connectivity index (χ4n) is 2.33. The van der Waals surface area contributed by atoms with Gasteiger partial charge in [0.25, 0.3) is 0 Å². The monoisotopic (exact) mass is 287 g/mol. The highest BCUT2D eigenvalue weighted by atomic mass is 32.1. The maximum atomic E-state index is 5.33. The molecule has 0 atom stereocenters. The standard InChI is InChI=1S/C15H17N3OS/c1-4-16-15-17-13(9-20-15)12-8-18(2)14-6-5-10(19-3)7-11(12)14/h5-9H,4H2,1-3H3,(H,16,17). The minimum atomic E-state index is 0.868. The Labute approximate surface area is 122 Å². The Hall–Kier alpha value is -2.01. The van der Waals surface area contributed by atoms with Crippen molar-refractivity contribution in [3.63, 3.8) is 0 Å². The van der Waals surface area contributed by atoms with Gasteiger partial charge in [-0.2, -0.15) is 0 Å². The van der Waals surface area contributed by atoms with E-state index in [4.69, 9.17) is 4.74 Å². The van der Waals surface area contributed by atoms with Gasteiger partial charge in [-0.25, -0.2) is 4.98 Å². The van der Waals surface area contributed by atoms with Crippen molar-refractivity contribution < 1.29 is 4.74 Å². The van der Waals surface area contributed by atoms with Gasteiger partial charge in [-0.1, -0.05) is 0 Å². The van der Waals surface area contributed by atoms with Crippen LogP contribution >= 0.6 is 11.3 Å². The summed E-state index contributed by atoms with van der Waals surface area (Å²) in [6.45, 7) is 2.96. The normalized spacial score (nSPS) is 10.9. The number of fused-ring (bicyclic) bond motifs is 1. The Morgan fingerprint density at radius 2 is 2.25 bits per heavy atom. The van der Waals surface area contributed by atoms with E-state index >= 15 is 0 Å². The SMILES string of the molecule is CCNc1nc(-c2cn(C)c3ccc(OC)cc23)cs1. The van der Waals surface area contributed by atoms with Crippen LogP contribution in [0.3, 0.4) is 0 Å². The number of hydrogen-bond acceptors (Lipinski definition) is 4. The van der Waals surface area contributed by atoms with Crippen LogP contribution < -0.4 is 10.1 Å². The first-order valence-corrected chi connectivity index (χ1v) is 7.43. The lowest BCUT2D eigenvalue weighted by Gasteiger charge is -2.01. The van der Waals surface area contributed by atoms with Gasteiger partial charge in [-0.3, -0.25) is 0 Å². The highest BCUT2D eigenvalue weighted by molar-refractivity contribution is 7.14. The fourth-order valence-corrected chi connectivity index (χ4v) is 3.11. The van der Waals surface area contributed by atoms with Gasteiger partial charge in [0.05, 0.1) is 12.8 Å². The van der Waals surface area contributed by atoms with E-state index in [1.54, 1.807) is 18.4 Å². The van der Waals surface area contributed by atoms with Crippen LogP contribution in [0.15, 0.2) is 29.8 Å². The smallest absolute Gasteiger partial charge is 0.183 e. The van der Waals surface area contributed by atoms with E-state index in [-0.39, 0.29) is 0 Å². The predicted octanol–water partition coefficient (Wildman–Crippen LogP) is 3.74. The molecule has 1 aromatic carbocycles. The summed E-state index contributed by atoms with van der Waals surface area (Å²) in [4.78, 5) is 4.64. The molecule has 0 unspecified atom stereocenters. The lowest BCUT2D eigenvalue weighted by Crippen LogP contribution is -1.94. The molecule has 0 saturated heterocycles. The third-order valence-corrected chi connectivity index (χ3v) is 4.10. The summed E-state index contributed by atoms with van der Waals surface area (Å²) in [5.74, 6) is 0.868. The Kier molecular flexibility index (Phi) is 3.36. The average molecular weight is 287 g/mol. The van der Waals surface area contributed by atoms with E-state index in [0.717, 1.165) is 28.7 Å². The van der Waals surface area contributed by atoms with Crippen LogP contribution in [0, 0.1) is 0 Å². The molecule has 20 heavy (non-hydrogen) atoms. The van der Waals surface area contributed by atoms with E-state index in [2.05, 4.69) is 52.5 Å². The second kappa shape index (κ2) is 5.17. The Balaban J connectivity index is 2.14. The number of nitrogens with zero attached hydrogens (tertiary/aromatic N) is 2.